The van der Waals surface area contributed by atoms with Crippen molar-refractivity contribution in [3.8, 4) is 5.88 Å². The minimum atomic E-state index is -0.405. The first-order valence-corrected chi connectivity index (χ1v) is 8.04. The van der Waals surface area contributed by atoms with Gasteiger partial charge in [-0.2, -0.15) is 0 Å². The van der Waals surface area contributed by atoms with Gasteiger partial charge in [-0.3, -0.25) is 4.79 Å². The second-order valence-corrected chi connectivity index (χ2v) is 5.67. The Hall–Kier alpha value is -3.54. The number of aryl methyl sites for hydroxylation is 1. The van der Waals surface area contributed by atoms with Gasteiger partial charge in [0.15, 0.2) is 0 Å². The van der Waals surface area contributed by atoms with Gasteiger partial charge in [0, 0.05) is 6.07 Å². The van der Waals surface area contributed by atoms with Crippen LogP contribution in [0.5, 0.6) is 5.88 Å². The molecule has 6 nitrogen and oxygen atoms in total. The zero-order valence-corrected chi connectivity index (χ0v) is 14.2. The molecule has 2 aromatic carbocycles. The summed E-state index contributed by atoms with van der Waals surface area (Å²) < 4.78 is 5.61. The van der Waals surface area contributed by atoms with Crippen LogP contribution >= 0.6 is 0 Å². The predicted molar refractivity (Wildman–Crippen MR) is 99.6 cm³/mol. The van der Waals surface area contributed by atoms with Gasteiger partial charge >= 0.3 is 0 Å². The molecule has 1 amide bonds. The molecule has 3 rings (SSSR count). The largest absolute Gasteiger partial charge is 0.473 e. The van der Waals surface area contributed by atoms with Crippen LogP contribution < -0.4 is 10.1 Å². The summed E-state index contributed by atoms with van der Waals surface area (Å²) in [7, 11) is 0. The molecule has 0 unspecified atom stereocenters. The standard InChI is InChI=1S/C20H17N3O3/c1-14-6-5-9-17(23-25)19(14)20(24)22-16-10-11-18(21-12-16)26-13-15-7-3-2-4-8-15/h2-12H,13H2,1H3,(H,22,24). The fraction of sp³-hybridized carbons (Fsp3) is 0.100. The molecular weight excluding hydrogens is 330 g/mol. The van der Waals surface area contributed by atoms with Crippen molar-refractivity contribution in [3.63, 3.8) is 0 Å². The van der Waals surface area contributed by atoms with E-state index in [4.69, 9.17) is 4.74 Å². The van der Waals surface area contributed by atoms with Crippen LogP contribution in [0.1, 0.15) is 21.5 Å². The van der Waals surface area contributed by atoms with Gasteiger partial charge < -0.3 is 10.1 Å². The highest BCUT2D eigenvalue weighted by molar-refractivity contribution is 6.08. The van der Waals surface area contributed by atoms with Crippen molar-refractivity contribution < 1.29 is 9.53 Å². The number of hydrogen-bond donors (Lipinski definition) is 1. The first-order chi connectivity index (χ1) is 12.7. The van der Waals surface area contributed by atoms with Crippen LogP contribution in [0.4, 0.5) is 11.4 Å². The summed E-state index contributed by atoms with van der Waals surface area (Å²) in [6.07, 6.45) is 1.50. The Morgan fingerprint density at radius 2 is 1.88 bits per heavy atom. The average molecular weight is 347 g/mol. The SMILES string of the molecule is Cc1cccc(N=O)c1C(=O)Nc1ccc(OCc2ccccc2)nc1. The third-order valence-electron chi connectivity index (χ3n) is 3.80. The van der Waals surface area contributed by atoms with E-state index in [0.717, 1.165) is 5.56 Å². The maximum Gasteiger partial charge on any atom is 0.258 e. The monoisotopic (exact) mass is 347 g/mol. The highest BCUT2D eigenvalue weighted by atomic mass is 16.5. The lowest BCUT2D eigenvalue weighted by Gasteiger charge is -2.10. The molecule has 0 spiro atoms. The van der Waals surface area contributed by atoms with Gasteiger partial charge in [0.2, 0.25) is 5.88 Å². The fourth-order valence-electron chi connectivity index (χ4n) is 2.49. The summed E-state index contributed by atoms with van der Waals surface area (Å²) in [5.74, 6) is 0.0513. The second kappa shape index (κ2) is 8.02. The number of pyridine rings is 1. The lowest BCUT2D eigenvalue weighted by Crippen LogP contribution is -2.13. The molecule has 0 saturated carbocycles. The summed E-state index contributed by atoms with van der Waals surface area (Å²) in [5.41, 5.74) is 2.59. The molecule has 1 aromatic heterocycles. The number of aromatic nitrogens is 1. The van der Waals surface area contributed by atoms with E-state index in [0.29, 0.717) is 23.7 Å². The predicted octanol–water partition coefficient (Wildman–Crippen LogP) is 4.62. The number of hydrogen-bond acceptors (Lipinski definition) is 5. The molecule has 6 heteroatoms. The molecule has 26 heavy (non-hydrogen) atoms. The molecular formula is C20H17N3O3. The number of nitrogens with one attached hydrogen (secondary N) is 1. The van der Waals surface area contributed by atoms with Crippen LogP contribution in [-0.2, 0) is 6.61 Å². The molecule has 0 fully saturated rings. The van der Waals surface area contributed by atoms with Gasteiger partial charge in [-0.15, -0.1) is 4.91 Å². The van der Waals surface area contributed by atoms with Crippen molar-refractivity contribution in [2.75, 3.05) is 5.32 Å². The molecule has 0 bridgehead atoms. The molecule has 0 aliphatic rings. The molecule has 3 aromatic rings. The number of ether oxygens (including phenoxy) is 1. The number of benzene rings is 2. The third-order valence-corrected chi connectivity index (χ3v) is 3.80. The Balaban J connectivity index is 1.66. The normalized spacial score (nSPS) is 10.2. The fourth-order valence-corrected chi connectivity index (χ4v) is 2.49. The van der Waals surface area contributed by atoms with Gasteiger partial charge in [0.25, 0.3) is 5.91 Å². The Morgan fingerprint density at radius 3 is 2.58 bits per heavy atom. The lowest BCUT2D eigenvalue weighted by atomic mass is 10.1. The van der Waals surface area contributed by atoms with Crippen LogP contribution in [0.3, 0.4) is 0 Å². The summed E-state index contributed by atoms with van der Waals surface area (Å²) in [6, 6.07) is 18.1. The smallest absolute Gasteiger partial charge is 0.258 e. The molecule has 0 aliphatic carbocycles. The van der Waals surface area contributed by atoms with Gasteiger partial charge in [-0.25, -0.2) is 4.98 Å². The van der Waals surface area contributed by atoms with E-state index in [2.05, 4.69) is 15.5 Å². The zero-order chi connectivity index (χ0) is 18.4. The van der Waals surface area contributed by atoms with E-state index in [1.165, 1.54) is 12.3 Å². The van der Waals surface area contributed by atoms with E-state index >= 15 is 0 Å². The minimum Gasteiger partial charge on any atom is -0.473 e. The van der Waals surface area contributed by atoms with Gasteiger partial charge in [0.05, 0.1) is 17.4 Å². The Kier molecular flexibility index (Phi) is 5.34. The van der Waals surface area contributed by atoms with Crippen LogP contribution in [0.15, 0.2) is 72.0 Å². The molecule has 1 N–H and O–H groups in total. The van der Waals surface area contributed by atoms with Crippen molar-refractivity contribution >= 4 is 17.3 Å². The van der Waals surface area contributed by atoms with Gasteiger partial charge in [0.1, 0.15) is 12.3 Å². The summed E-state index contributed by atoms with van der Waals surface area (Å²) in [5, 5.41) is 5.63. The summed E-state index contributed by atoms with van der Waals surface area (Å²) in [4.78, 5) is 27.5. The van der Waals surface area contributed by atoms with E-state index in [1.54, 1.807) is 31.2 Å². The molecule has 0 atom stereocenters. The van der Waals surface area contributed by atoms with Crippen LogP contribution in [0.2, 0.25) is 0 Å². The third kappa shape index (κ3) is 4.10. The Bertz CT molecular complexity index is 909. The van der Waals surface area contributed by atoms with Crippen molar-refractivity contribution in [2.45, 2.75) is 13.5 Å². The maximum absolute atomic E-state index is 12.4. The number of anilines is 1. The van der Waals surface area contributed by atoms with Crippen LogP contribution in [0, 0.1) is 11.8 Å². The van der Waals surface area contributed by atoms with E-state index in [9.17, 15) is 9.70 Å². The van der Waals surface area contributed by atoms with Crippen LogP contribution in [0.25, 0.3) is 0 Å². The lowest BCUT2D eigenvalue weighted by molar-refractivity contribution is 0.102. The zero-order valence-electron chi connectivity index (χ0n) is 14.2. The van der Waals surface area contributed by atoms with Crippen molar-refractivity contribution in [2.24, 2.45) is 5.18 Å². The number of nitroso groups, excluding NO2 is 1. The first kappa shape index (κ1) is 17.3. The first-order valence-electron chi connectivity index (χ1n) is 8.04. The quantitative estimate of drug-likeness (QED) is 0.660. The van der Waals surface area contributed by atoms with Gasteiger partial charge in [-0.05, 0) is 35.4 Å². The van der Waals surface area contributed by atoms with E-state index < -0.39 is 5.91 Å². The molecule has 0 radical (unpaired) electrons. The molecule has 130 valence electrons. The Labute approximate surface area is 150 Å². The highest BCUT2D eigenvalue weighted by Crippen LogP contribution is 2.23. The number of carbonyl (C=O) groups is 1. The second-order valence-electron chi connectivity index (χ2n) is 5.67. The van der Waals surface area contributed by atoms with E-state index in [-0.39, 0.29) is 11.3 Å². The van der Waals surface area contributed by atoms with E-state index in [1.807, 2.05) is 30.3 Å². The Morgan fingerprint density at radius 1 is 1.08 bits per heavy atom. The van der Waals surface area contributed by atoms with Crippen molar-refractivity contribution in [1.29, 1.82) is 0 Å². The molecule has 0 saturated heterocycles. The maximum atomic E-state index is 12.4. The summed E-state index contributed by atoms with van der Waals surface area (Å²) in [6.45, 7) is 2.17. The number of carbonyl (C=O) groups excluding carboxylic acids is 1. The topological polar surface area (TPSA) is 80.7 Å². The number of nitrogens with zero attached hydrogens (tertiary/aromatic N) is 2. The van der Waals surface area contributed by atoms with Crippen molar-refractivity contribution in [3.05, 3.63) is 88.5 Å². The average Bonchev–Trinajstić information content (AvgIpc) is 2.68. The van der Waals surface area contributed by atoms with Gasteiger partial charge in [-0.1, -0.05) is 42.5 Å². The van der Waals surface area contributed by atoms with Crippen molar-refractivity contribution in [1.82, 2.24) is 4.98 Å². The highest BCUT2D eigenvalue weighted by Gasteiger charge is 2.15. The summed E-state index contributed by atoms with van der Waals surface area (Å²) >= 11 is 0. The number of amides is 1. The number of rotatable bonds is 6. The van der Waals surface area contributed by atoms with Crippen LogP contribution in [-0.4, -0.2) is 10.9 Å². The molecule has 1 heterocycles. The molecule has 0 aliphatic heterocycles. The minimum absolute atomic E-state index is 0.110.